The molecule has 2 aromatic carbocycles. The first-order chi connectivity index (χ1) is 12.3. The molecule has 2 rings (SSSR count). The van der Waals surface area contributed by atoms with E-state index in [4.69, 9.17) is 0 Å². The van der Waals surface area contributed by atoms with Gasteiger partial charge < -0.3 is 10.1 Å². The van der Waals surface area contributed by atoms with E-state index in [2.05, 4.69) is 10.1 Å². The molecular weight excluding hydrogens is 340 g/mol. The number of halogens is 2. The summed E-state index contributed by atoms with van der Waals surface area (Å²) in [5.74, 6) is -6.31. The van der Waals surface area contributed by atoms with Crippen LogP contribution in [0.4, 0.5) is 14.5 Å². The molecule has 1 unspecified atom stereocenters. The molecular formula is C20H21F2NO3. The molecule has 0 amide bonds. The number of esters is 1. The van der Waals surface area contributed by atoms with Crippen molar-refractivity contribution in [3.8, 4) is 0 Å². The second-order valence-corrected chi connectivity index (χ2v) is 5.96. The number of ketones is 1. The van der Waals surface area contributed by atoms with Gasteiger partial charge in [0.05, 0.1) is 6.61 Å². The zero-order chi connectivity index (χ0) is 19.2. The molecule has 6 heteroatoms. The summed E-state index contributed by atoms with van der Waals surface area (Å²) in [7, 11) is 0. The maximum Gasteiger partial charge on any atom is 0.332 e. The molecule has 1 N–H and O–H groups in total. The van der Waals surface area contributed by atoms with Crippen LogP contribution < -0.4 is 5.32 Å². The summed E-state index contributed by atoms with van der Waals surface area (Å²) in [5, 5.41) is 2.78. The summed E-state index contributed by atoms with van der Waals surface area (Å²) in [6.45, 7) is 2.82. The van der Waals surface area contributed by atoms with Crippen LogP contribution in [-0.2, 0) is 19.9 Å². The van der Waals surface area contributed by atoms with Crippen LogP contribution in [0.1, 0.15) is 25.8 Å². The number of carbonyl (C=O) groups excluding carboxylic acids is 2. The zero-order valence-electron chi connectivity index (χ0n) is 14.7. The molecule has 0 aliphatic rings. The standard InChI is InChI=1S/C20H21F2NO3/c1-3-26-18(25)14-17(24)20(21,22)19(2,15-10-6-4-7-11-15)23-16-12-8-5-9-13-16/h4-13,23H,3,14H2,1-2H3. The van der Waals surface area contributed by atoms with Gasteiger partial charge in [-0.15, -0.1) is 0 Å². The van der Waals surface area contributed by atoms with Gasteiger partial charge in [0.15, 0.2) is 0 Å². The zero-order valence-corrected chi connectivity index (χ0v) is 14.7. The molecule has 0 saturated heterocycles. The number of ether oxygens (including phenoxy) is 1. The Hall–Kier alpha value is -2.76. The van der Waals surface area contributed by atoms with Crippen LogP contribution in [0.15, 0.2) is 60.7 Å². The van der Waals surface area contributed by atoms with Gasteiger partial charge in [0, 0.05) is 5.69 Å². The third kappa shape index (κ3) is 4.07. The van der Waals surface area contributed by atoms with Crippen molar-refractivity contribution in [2.24, 2.45) is 0 Å². The van der Waals surface area contributed by atoms with Crippen molar-refractivity contribution in [1.82, 2.24) is 0 Å². The highest BCUT2D eigenvalue weighted by molar-refractivity contribution is 6.00. The summed E-state index contributed by atoms with van der Waals surface area (Å²) < 4.78 is 35.1. The molecule has 0 heterocycles. The average Bonchev–Trinajstić information content (AvgIpc) is 2.63. The lowest BCUT2D eigenvalue weighted by molar-refractivity contribution is -0.159. The lowest BCUT2D eigenvalue weighted by Crippen LogP contribution is -2.54. The minimum Gasteiger partial charge on any atom is -0.466 e. The number of anilines is 1. The minimum absolute atomic E-state index is 0.0237. The Balaban J connectivity index is 2.42. The van der Waals surface area contributed by atoms with E-state index in [1.165, 1.54) is 19.1 Å². The topological polar surface area (TPSA) is 55.4 Å². The lowest BCUT2D eigenvalue weighted by Gasteiger charge is -2.38. The van der Waals surface area contributed by atoms with Crippen molar-refractivity contribution in [3.63, 3.8) is 0 Å². The average molecular weight is 361 g/mol. The van der Waals surface area contributed by atoms with Crippen LogP contribution in [0.3, 0.4) is 0 Å². The molecule has 1 atom stereocenters. The second-order valence-electron chi connectivity index (χ2n) is 5.96. The molecule has 0 fully saturated rings. The molecule has 0 saturated carbocycles. The first-order valence-electron chi connectivity index (χ1n) is 8.26. The van der Waals surface area contributed by atoms with Crippen LogP contribution in [0.25, 0.3) is 0 Å². The SMILES string of the molecule is CCOC(=O)CC(=O)C(F)(F)C(C)(Nc1ccccc1)c1ccccc1. The van der Waals surface area contributed by atoms with Gasteiger partial charge in [-0.05, 0) is 31.5 Å². The number of para-hydroxylation sites is 1. The van der Waals surface area contributed by atoms with E-state index in [0.29, 0.717) is 5.69 Å². The fourth-order valence-electron chi connectivity index (χ4n) is 2.65. The van der Waals surface area contributed by atoms with Crippen LogP contribution in [0.2, 0.25) is 0 Å². The fourth-order valence-corrected chi connectivity index (χ4v) is 2.65. The predicted molar refractivity (Wildman–Crippen MR) is 95.1 cm³/mol. The van der Waals surface area contributed by atoms with Gasteiger partial charge in [-0.25, -0.2) is 0 Å². The first-order valence-corrected chi connectivity index (χ1v) is 8.26. The van der Waals surface area contributed by atoms with Crippen molar-refractivity contribution in [2.45, 2.75) is 31.7 Å². The summed E-state index contributed by atoms with van der Waals surface area (Å²) in [4.78, 5) is 23.8. The second kappa shape index (κ2) is 8.08. The molecule has 2 aromatic rings. The Bertz CT molecular complexity index is 750. The summed E-state index contributed by atoms with van der Waals surface area (Å²) >= 11 is 0. The number of carbonyl (C=O) groups is 2. The monoisotopic (exact) mass is 361 g/mol. The lowest BCUT2D eigenvalue weighted by atomic mass is 9.82. The molecule has 26 heavy (non-hydrogen) atoms. The molecule has 138 valence electrons. The number of hydrogen-bond donors (Lipinski definition) is 1. The summed E-state index contributed by atoms with van der Waals surface area (Å²) in [6.07, 6.45) is -0.986. The Morgan fingerprint density at radius 1 is 1.00 bits per heavy atom. The van der Waals surface area contributed by atoms with Gasteiger partial charge in [0.25, 0.3) is 0 Å². The minimum atomic E-state index is -3.85. The van der Waals surface area contributed by atoms with Gasteiger partial charge >= 0.3 is 11.9 Å². The van der Waals surface area contributed by atoms with E-state index in [1.54, 1.807) is 55.5 Å². The van der Waals surface area contributed by atoms with E-state index in [9.17, 15) is 9.59 Å². The Kier molecular flexibility index (Phi) is 6.08. The molecule has 0 aliphatic carbocycles. The van der Waals surface area contributed by atoms with Gasteiger partial charge in [-0.1, -0.05) is 48.5 Å². The third-order valence-corrected chi connectivity index (χ3v) is 4.11. The highest BCUT2D eigenvalue weighted by atomic mass is 19.3. The smallest absolute Gasteiger partial charge is 0.332 e. The quantitative estimate of drug-likeness (QED) is 0.566. The molecule has 4 nitrogen and oxygen atoms in total. The first kappa shape index (κ1) is 19.6. The fraction of sp³-hybridized carbons (Fsp3) is 0.300. The van der Waals surface area contributed by atoms with Gasteiger partial charge in [-0.3, -0.25) is 9.59 Å². The number of hydrogen-bond acceptors (Lipinski definition) is 4. The van der Waals surface area contributed by atoms with Crippen molar-refractivity contribution in [3.05, 3.63) is 66.2 Å². The molecule has 0 spiro atoms. The summed E-state index contributed by atoms with van der Waals surface area (Å²) in [5.41, 5.74) is -1.38. The number of rotatable bonds is 8. The van der Waals surface area contributed by atoms with Gasteiger partial charge in [0.1, 0.15) is 12.0 Å². The molecule has 0 aromatic heterocycles. The van der Waals surface area contributed by atoms with Crippen molar-refractivity contribution >= 4 is 17.4 Å². The van der Waals surface area contributed by atoms with Crippen LogP contribution in [0.5, 0.6) is 0 Å². The van der Waals surface area contributed by atoms with E-state index in [-0.39, 0.29) is 12.2 Å². The third-order valence-electron chi connectivity index (χ3n) is 4.11. The number of Topliss-reactive ketones (excluding diaryl/α,β-unsaturated/α-hetero) is 1. The normalized spacial score (nSPS) is 13.5. The molecule has 0 radical (unpaired) electrons. The van der Waals surface area contributed by atoms with Crippen molar-refractivity contribution in [1.29, 1.82) is 0 Å². The van der Waals surface area contributed by atoms with Crippen molar-refractivity contribution in [2.75, 3.05) is 11.9 Å². The Morgan fingerprint density at radius 2 is 1.54 bits per heavy atom. The highest BCUT2D eigenvalue weighted by Crippen LogP contribution is 2.41. The van der Waals surface area contributed by atoms with Crippen LogP contribution in [0, 0.1) is 0 Å². The van der Waals surface area contributed by atoms with Crippen LogP contribution >= 0.6 is 0 Å². The number of alkyl halides is 2. The maximum absolute atomic E-state index is 15.2. The van der Waals surface area contributed by atoms with Crippen molar-refractivity contribution < 1.29 is 23.1 Å². The Labute approximate surface area is 151 Å². The Morgan fingerprint density at radius 3 is 2.08 bits per heavy atom. The van der Waals surface area contributed by atoms with Crippen LogP contribution in [-0.4, -0.2) is 24.3 Å². The van der Waals surface area contributed by atoms with E-state index >= 15 is 8.78 Å². The molecule has 0 bridgehead atoms. The molecule has 0 aliphatic heterocycles. The van der Waals surface area contributed by atoms with Gasteiger partial charge in [0.2, 0.25) is 5.78 Å². The van der Waals surface area contributed by atoms with E-state index in [0.717, 1.165) is 0 Å². The van der Waals surface area contributed by atoms with Gasteiger partial charge in [-0.2, -0.15) is 8.78 Å². The van der Waals surface area contributed by atoms with E-state index in [1.807, 2.05) is 0 Å². The van der Waals surface area contributed by atoms with E-state index < -0.39 is 29.6 Å². The largest absolute Gasteiger partial charge is 0.466 e. The highest BCUT2D eigenvalue weighted by Gasteiger charge is 2.57. The number of nitrogens with one attached hydrogen (secondary N) is 1. The predicted octanol–water partition coefficient (Wildman–Crippen LogP) is 4.17. The number of benzene rings is 2. The maximum atomic E-state index is 15.2. The summed E-state index contributed by atoms with van der Waals surface area (Å²) in [6, 6.07) is 16.4.